The monoisotopic (exact) mass is 365 g/mol. The summed E-state index contributed by atoms with van der Waals surface area (Å²) in [7, 11) is 1.56. The molecule has 3 aromatic carbocycles. The molecule has 0 saturated heterocycles. The molecule has 0 aliphatic rings. The summed E-state index contributed by atoms with van der Waals surface area (Å²) in [5.74, 6) is -0.00524. The van der Waals surface area contributed by atoms with Crippen LogP contribution in [0, 0.1) is 6.92 Å². The third-order valence-corrected chi connectivity index (χ3v) is 4.67. The van der Waals surface area contributed by atoms with Crippen LogP contribution in [-0.4, -0.2) is 13.0 Å². The molecule has 3 rings (SSSR count). The minimum absolute atomic E-state index is 0.123. The lowest BCUT2D eigenvalue weighted by Gasteiger charge is -2.19. The molecule has 0 bridgehead atoms. The zero-order chi connectivity index (χ0) is 18.5. The largest absolute Gasteiger partial charge is 0.495 e. The molecule has 0 atom stereocenters. The summed E-state index contributed by atoms with van der Waals surface area (Å²) < 4.78 is 5.37. The number of hydrogen-bond donors (Lipinski definition) is 1. The first kappa shape index (κ1) is 18.0. The Balaban J connectivity index is 1.98. The predicted octanol–water partition coefficient (Wildman–Crippen LogP) is 5.43. The van der Waals surface area contributed by atoms with Gasteiger partial charge in [0.05, 0.1) is 18.7 Å². The molecule has 0 heterocycles. The summed E-state index contributed by atoms with van der Waals surface area (Å²) in [5.41, 5.74) is 3.34. The van der Waals surface area contributed by atoms with Gasteiger partial charge in [-0.1, -0.05) is 72.3 Å². The zero-order valence-corrected chi connectivity index (χ0v) is 15.5. The Kier molecular flexibility index (Phi) is 5.59. The van der Waals surface area contributed by atoms with E-state index >= 15 is 0 Å². The van der Waals surface area contributed by atoms with Gasteiger partial charge in [0.25, 0.3) is 0 Å². The van der Waals surface area contributed by atoms with Crippen molar-refractivity contribution in [2.24, 2.45) is 0 Å². The molecule has 3 aromatic rings. The van der Waals surface area contributed by atoms with Crippen molar-refractivity contribution in [3.8, 4) is 5.75 Å². The van der Waals surface area contributed by atoms with Crippen LogP contribution in [0.1, 0.15) is 22.6 Å². The fourth-order valence-corrected chi connectivity index (χ4v) is 3.07. The molecule has 4 heteroatoms. The quantitative estimate of drug-likeness (QED) is 0.654. The first-order valence-electron chi connectivity index (χ1n) is 8.35. The van der Waals surface area contributed by atoms with Crippen molar-refractivity contribution in [2.75, 3.05) is 12.4 Å². The van der Waals surface area contributed by atoms with Crippen LogP contribution in [0.3, 0.4) is 0 Å². The van der Waals surface area contributed by atoms with Gasteiger partial charge in [-0.05, 0) is 29.7 Å². The number of carbonyl (C=O) groups excluding carboxylic acids is 1. The number of amides is 1. The number of ether oxygens (including phenoxy) is 1. The second-order valence-corrected chi connectivity index (χ2v) is 6.45. The molecule has 0 aliphatic heterocycles. The van der Waals surface area contributed by atoms with E-state index in [0.29, 0.717) is 16.5 Å². The molecule has 3 nitrogen and oxygen atoms in total. The van der Waals surface area contributed by atoms with E-state index < -0.39 is 5.92 Å². The van der Waals surface area contributed by atoms with Crippen molar-refractivity contribution in [1.29, 1.82) is 0 Å². The van der Waals surface area contributed by atoms with Gasteiger partial charge in [0.1, 0.15) is 5.75 Å². The maximum atomic E-state index is 13.2. The highest BCUT2D eigenvalue weighted by Gasteiger charge is 2.23. The lowest BCUT2D eigenvalue weighted by Crippen LogP contribution is -2.22. The van der Waals surface area contributed by atoms with E-state index in [9.17, 15) is 4.79 Å². The number of benzene rings is 3. The Bertz CT molecular complexity index is 855. The highest BCUT2D eigenvalue weighted by atomic mass is 35.5. The van der Waals surface area contributed by atoms with Crippen LogP contribution in [0.15, 0.2) is 72.8 Å². The van der Waals surface area contributed by atoms with E-state index in [-0.39, 0.29) is 5.91 Å². The fraction of sp³-hybridized carbons (Fsp3) is 0.136. The maximum Gasteiger partial charge on any atom is 0.236 e. The average molecular weight is 366 g/mol. The SMILES string of the molecule is COc1cc(Cl)c(C)cc1NC(=O)C(c1ccccc1)c1ccccc1. The minimum Gasteiger partial charge on any atom is -0.495 e. The number of aryl methyl sites for hydroxylation is 1. The highest BCUT2D eigenvalue weighted by molar-refractivity contribution is 6.31. The molecule has 1 amide bonds. The van der Waals surface area contributed by atoms with E-state index in [1.54, 1.807) is 13.2 Å². The third kappa shape index (κ3) is 3.89. The number of carbonyl (C=O) groups is 1. The number of hydrogen-bond acceptors (Lipinski definition) is 2. The van der Waals surface area contributed by atoms with Gasteiger partial charge in [-0.2, -0.15) is 0 Å². The molecule has 1 N–H and O–H groups in total. The van der Waals surface area contributed by atoms with Crippen LogP contribution in [0.2, 0.25) is 5.02 Å². The summed E-state index contributed by atoms with van der Waals surface area (Å²) in [4.78, 5) is 13.2. The molecule has 0 unspecified atom stereocenters. The standard InChI is InChI=1S/C22H20ClNO2/c1-15-13-19(20(26-2)14-18(15)23)24-22(25)21(16-9-5-3-6-10-16)17-11-7-4-8-12-17/h3-14,21H,1-2H3,(H,24,25). The first-order valence-corrected chi connectivity index (χ1v) is 8.73. The van der Waals surface area contributed by atoms with Crippen LogP contribution in [0.25, 0.3) is 0 Å². The molecule has 26 heavy (non-hydrogen) atoms. The van der Waals surface area contributed by atoms with Gasteiger partial charge in [0, 0.05) is 11.1 Å². The van der Waals surface area contributed by atoms with Gasteiger partial charge >= 0.3 is 0 Å². The number of halogens is 1. The highest BCUT2D eigenvalue weighted by Crippen LogP contribution is 2.33. The molecule has 0 saturated carbocycles. The molecular formula is C22H20ClNO2. The smallest absolute Gasteiger partial charge is 0.236 e. The number of nitrogens with one attached hydrogen (secondary N) is 1. The van der Waals surface area contributed by atoms with E-state index in [0.717, 1.165) is 16.7 Å². The van der Waals surface area contributed by atoms with Crippen LogP contribution >= 0.6 is 11.6 Å². The van der Waals surface area contributed by atoms with Crippen molar-refractivity contribution >= 4 is 23.2 Å². The Hall–Kier alpha value is -2.78. The van der Waals surface area contributed by atoms with Crippen molar-refractivity contribution in [1.82, 2.24) is 0 Å². The van der Waals surface area contributed by atoms with Gasteiger partial charge < -0.3 is 10.1 Å². The van der Waals surface area contributed by atoms with Crippen LogP contribution in [0.4, 0.5) is 5.69 Å². The van der Waals surface area contributed by atoms with E-state index in [1.165, 1.54) is 0 Å². The lowest BCUT2D eigenvalue weighted by atomic mass is 9.90. The molecule has 0 fully saturated rings. The third-order valence-electron chi connectivity index (χ3n) is 4.27. The van der Waals surface area contributed by atoms with E-state index in [4.69, 9.17) is 16.3 Å². The Morgan fingerprint density at radius 2 is 1.50 bits per heavy atom. The molecular weight excluding hydrogens is 346 g/mol. The number of anilines is 1. The molecule has 0 spiro atoms. The van der Waals surface area contributed by atoms with Crippen molar-refractivity contribution in [3.63, 3.8) is 0 Å². The van der Waals surface area contributed by atoms with Gasteiger partial charge in [-0.15, -0.1) is 0 Å². The predicted molar refractivity (Wildman–Crippen MR) is 106 cm³/mol. The van der Waals surface area contributed by atoms with Crippen molar-refractivity contribution in [2.45, 2.75) is 12.8 Å². The van der Waals surface area contributed by atoms with Gasteiger partial charge in [-0.3, -0.25) is 4.79 Å². The van der Waals surface area contributed by atoms with Crippen LogP contribution in [-0.2, 0) is 4.79 Å². The zero-order valence-electron chi connectivity index (χ0n) is 14.7. The molecule has 0 aliphatic carbocycles. The van der Waals surface area contributed by atoms with Crippen LogP contribution < -0.4 is 10.1 Å². The molecule has 0 aromatic heterocycles. The van der Waals surface area contributed by atoms with Gasteiger partial charge in [0.15, 0.2) is 0 Å². The summed E-state index contributed by atoms with van der Waals surface area (Å²) in [6.45, 7) is 1.89. The fourth-order valence-electron chi connectivity index (χ4n) is 2.92. The van der Waals surface area contributed by atoms with E-state index in [2.05, 4.69) is 5.32 Å². The summed E-state index contributed by atoms with van der Waals surface area (Å²) in [6.07, 6.45) is 0. The lowest BCUT2D eigenvalue weighted by molar-refractivity contribution is -0.116. The Morgan fingerprint density at radius 1 is 0.962 bits per heavy atom. The number of rotatable bonds is 5. The Labute approximate surface area is 158 Å². The summed E-state index contributed by atoms with van der Waals surface area (Å²) in [6, 6.07) is 23.0. The minimum atomic E-state index is -0.418. The van der Waals surface area contributed by atoms with Crippen LogP contribution in [0.5, 0.6) is 5.75 Å². The van der Waals surface area contributed by atoms with Gasteiger partial charge in [0.2, 0.25) is 5.91 Å². The van der Waals surface area contributed by atoms with Gasteiger partial charge in [-0.25, -0.2) is 0 Å². The maximum absolute atomic E-state index is 13.2. The molecule has 132 valence electrons. The van der Waals surface area contributed by atoms with Crippen molar-refractivity contribution in [3.05, 3.63) is 94.5 Å². The second-order valence-electron chi connectivity index (χ2n) is 6.05. The Morgan fingerprint density at radius 3 is 2.00 bits per heavy atom. The van der Waals surface area contributed by atoms with Crippen molar-refractivity contribution < 1.29 is 9.53 Å². The summed E-state index contributed by atoms with van der Waals surface area (Å²) >= 11 is 6.16. The topological polar surface area (TPSA) is 38.3 Å². The second kappa shape index (κ2) is 8.07. The summed E-state index contributed by atoms with van der Waals surface area (Å²) in [5, 5.41) is 3.60. The number of methoxy groups -OCH3 is 1. The first-order chi connectivity index (χ1) is 12.6. The molecule has 0 radical (unpaired) electrons. The van der Waals surface area contributed by atoms with E-state index in [1.807, 2.05) is 73.7 Å². The average Bonchev–Trinajstić information content (AvgIpc) is 2.66. The normalized spacial score (nSPS) is 10.6.